The Hall–Kier alpha value is -1.76. The highest BCUT2D eigenvalue weighted by Crippen LogP contribution is 2.25. The third-order valence-corrected chi connectivity index (χ3v) is 2.91. The molecule has 2 nitrogen and oxygen atoms in total. The van der Waals surface area contributed by atoms with E-state index in [9.17, 15) is 5.11 Å². The molecular formula is C15H11BrO2. The lowest BCUT2D eigenvalue weighted by atomic mass is 10.1. The molecule has 2 aromatic rings. The molecule has 0 heterocycles. The van der Waals surface area contributed by atoms with E-state index >= 15 is 0 Å². The van der Waals surface area contributed by atoms with E-state index in [-0.39, 0.29) is 0 Å². The van der Waals surface area contributed by atoms with Crippen molar-refractivity contribution in [3.63, 3.8) is 0 Å². The third kappa shape index (κ3) is 3.13. The first-order chi connectivity index (χ1) is 8.69. The number of ether oxygens (including phenoxy) is 1. The maximum absolute atomic E-state index is 9.56. The first-order valence-electron chi connectivity index (χ1n) is 5.36. The molecule has 0 saturated carbocycles. The number of halogens is 1. The fourth-order valence-corrected chi connectivity index (χ4v) is 1.75. The van der Waals surface area contributed by atoms with Crippen LogP contribution in [0.4, 0.5) is 0 Å². The molecule has 2 rings (SSSR count). The highest BCUT2D eigenvalue weighted by atomic mass is 79.9. The number of terminal acetylenes is 1. The second kappa shape index (κ2) is 5.72. The zero-order valence-electron chi connectivity index (χ0n) is 9.51. The lowest BCUT2D eigenvalue weighted by molar-refractivity contribution is 0.238. The molecule has 0 aliphatic rings. The molecule has 0 aliphatic heterocycles. The molecule has 0 aliphatic carbocycles. The van der Waals surface area contributed by atoms with Gasteiger partial charge < -0.3 is 9.84 Å². The van der Waals surface area contributed by atoms with Crippen molar-refractivity contribution in [2.45, 2.75) is 6.10 Å². The molecule has 18 heavy (non-hydrogen) atoms. The van der Waals surface area contributed by atoms with Gasteiger partial charge in [0, 0.05) is 4.47 Å². The Labute approximate surface area is 114 Å². The molecular weight excluding hydrogens is 292 g/mol. The van der Waals surface area contributed by atoms with E-state index in [1.807, 2.05) is 30.3 Å². The molecule has 0 amide bonds. The smallest absolute Gasteiger partial charge is 0.140 e. The molecule has 1 atom stereocenters. The van der Waals surface area contributed by atoms with Crippen molar-refractivity contribution in [2.75, 3.05) is 0 Å². The van der Waals surface area contributed by atoms with Crippen LogP contribution < -0.4 is 4.74 Å². The van der Waals surface area contributed by atoms with Gasteiger partial charge in [0.2, 0.25) is 0 Å². The fourth-order valence-electron chi connectivity index (χ4n) is 1.48. The van der Waals surface area contributed by atoms with E-state index in [1.54, 1.807) is 18.2 Å². The topological polar surface area (TPSA) is 29.5 Å². The van der Waals surface area contributed by atoms with Gasteiger partial charge >= 0.3 is 0 Å². The van der Waals surface area contributed by atoms with Gasteiger partial charge in [0.1, 0.15) is 17.6 Å². The predicted octanol–water partition coefficient (Wildman–Crippen LogP) is 3.91. The summed E-state index contributed by atoms with van der Waals surface area (Å²) in [7, 11) is 0. The number of rotatable bonds is 3. The Bertz CT molecular complexity index is 570. The van der Waals surface area contributed by atoms with Crippen LogP contribution in [0.5, 0.6) is 11.5 Å². The number of benzene rings is 2. The Morgan fingerprint density at radius 2 is 1.83 bits per heavy atom. The lowest BCUT2D eigenvalue weighted by Crippen LogP contribution is -1.93. The van der Waals surface area contributed by atoms with Crippen molar-refractivity contribution in [2.24, 2.45) is 0 Å². The summed E-state index contributed by atoms with van der Waals surface area (Å²) in [4.78, 5) is 0. The summed E-state index contributed by atoms with van der Waals surface area (Å²) in [5.74, 6) is 3.64. The van der Waals surface area contributed by atoms with E-state index in [2.05, 4.69) is 21.9 Å². The van der Waals surface area contributed by atoms with E-state index < -0.39 is 6.10 Å². The van der Waals surface area contributed by atoms with Crippen molar-refractivity contribution in [3.8, 4) is 23.8 Å². The van der Waals surface area contributed by atoms with Crippen molar-refractivity contribution < 1.29 is 9.84 Å². The molecule has 2 aromatic carbocycles. The van der Waals surface area contributed by atoms with Crippen LogP contribution in [0.2, 0.25) is 0 Å². The standard InChI is InChI=1S/C15H11BrO2/c1-2-15(17)11-4-3-5-14(10-11)18-13-8-6-12(16)7-9-13/h1,3-10,15,17H. The molecule has 0 aromatic heterocycles. The quantitative estimate of drug-likeness (QED) is 0.871. The zero-order chi connectivity index (χ0) is 13.0. The van der Waals surface area contributed by atoms with Crippen molar-refractivity contribution in [1.29, 1.82) is 0 Å². The van der Waals surface area contributed by atoms with Gasteiger partial charge in [0.25, 0.3) is 0 Å². The van der Waals surface area contributed by atoms with Crippen molar-refractivity contribution in [1.82, 2.24) is 0 Å². The fraction of sp³-hybridized carbons (Fsp3) is 0.0667. The summed E-state index contributed by atoms with van der Waals surface area (Å²) in [6, 6.07) is 14.6. The second-order valence-corrected chi connectivity index (χ2v) is 4.61. The van der Waals surface area contributed by atoms with Crippen LogP contribution in [0, 0.1) is 12.3 Å². The Morgan fingerprint density at radius 1 is 1.11 bits per heavy atom. The number of aliphatic hydroxyl groups excluding tert-OH is 1. The van der Waals surface area contributed by atoms with Gasteiger partial charge in [-0.2, -0.15) is 0 Å². The largest absolute Gasteiger partial charge is 0.457 e. The Kier molecular flexibility index (Phi) is 4.03. The summed E-state index contributed by atoms with van der Waals surface area (Å²) < 4.78 is 6.66. The van der Waals surface area contributed by atoms with E-state index in [1.165, 1.54) is 0 Å². The molecule has 0 radical (unpaired) electrons. The number of aliphatic hydroxyl groups is 1. The van der Waals surface area contributed by atoms with Gasteiger partial charge in [0.05, 0.1) is 0 Å². The molecule has 3 heteroatoms. The van der Waals surface area contributed by atoms with Crippen LogP contribution in [-0.4, -0.2) is 5.11 Å². The Morgan fingerprint density at radius 3 is 2.50 bits per heavy atom. The lowest BCUT2D eigenvalue weighted by Gasteiger charge is -2.08. The number of hydrogen-bond donors (Lipinski definition) is 1. The maximum Gasteiger partial charge on any atom is 0.140 e. The van der Waals surface area contributed by atoms with Gasteiger partial charge in [-0.05, 0) is 42.0 Å². The first-order valence-corrected chi connectivity index (χ1v) is 6.16. The van der Waals surface area contributed by atoms with Crippen LogP contribution in [0.15, 0.2) is 53.0 Å². The summed E-state index contributed by atoms with van der Waals surface area (Å²) in [5, 5.41) is 9.56. The molecule has 0 fully saturated rings. The average Bonchev–Trinajstić information content (AvgIpc) is 2.41. The summed E-state index contributed by atoms with van der Waals surface area (Å²) in [5.41, 5.74) is 0.645. The van der Waals surface area contributed by atoms with E-state index in [0.717, 1.165) is 10.2 Å². The zero-order valence-corrected chi connectivity index (χ0v) is 11.1. The molecule has 90 valence electrons. The minimum Gasteiger partial charge on any atom is -0.457 e. The molecule has 1 unspecified atom stereocenters. The van der Waals surface area contributed by atoms with Gasteiger partial charge in [0.15, 0.2) is 0 Å². The summed E-state index contributed by atoms with van der Waals surface area (Å²) >= 11 is 3.36. The monoisotopic (exact) mass is 302 g/mol. The molecule has 0 spiro atoms. The molecule has 0 bridgehead atoms. The number of hydrogen-bond acceptors (Lipinski definition) is 2. The normalized spacial score (nSPS) is 11.6. The SMILES string of the molecule is C#CC(O)c1cccc(Oc2ccc(Br)cc2)c1. The minimum atomic E-state index is -0.904. The van der Waals surface area contributed by atoms with Crippen LogP contribution in [0.1, 0.15) is 11.7 Å². The van der Waals surface area contributed by atoms with Crippen molar-refractivity contribution >= 4 is 15.9 Å². The molecule has 1 N–H and O–H groups in total. The van der Waals surface area contributed by atoms with Gasteiger partial charge in [-0.15, -0.1) is 6.42 Å². The minimum absolute atomic E-state index is 0.643. The highest BCUT2D eigenvalue weighted by molar-refractivity contribution is 9.10. The predicted molar refractivity (Wildman–Crippen MR) is 74.5 cm³/mol. The van der Waals surface area contributed by atoms with Crippen LogP contribution in [0.3, 0.4) is 0 Å². The first kappa shape index (κ1) is 12.7. The van der Waals surface area contributed by atoms with E-state index in [0.29, 0.717) is 11.3 Å². The highest BCUT2D eigenvalue weighted by Gasteiger charge is 2.05. The van der Waals surface area contributed by atoms with Gasteiger partial charge in [-0.1, -0.05) is 34.0 Å². The average molecular weight is 303 g/mol. The third-order valence-electron chi connectivity index (χ3n) is 2.38. The Balaban J connectivity index is 2.19. The van der Waals surface area contributed by atoms with Crippen LogP contribution in [-0.2, 0) is 0 Å². The summed E-state index contributed by atoms with van der Waals surface area (Å²) in [6.45, 7) is 0. The summed E-state index contributed by atoms with van der Waals surface area (Å²) in [6.07, 6.45) is 4.27. The second-order valence-electron chi connectivity index (χ2n) is 3.70. The molecule has 0 saturated heterocycles. The maximum atomic E-state index is 9.56. The van der Waals surface area contributed by atoms with Crippen LogP contribution in [0.25, 0.3) is 0 Å². The van der Waals surface area contributed by atoms with Crippen LogP contribution >= 0.6 is 15.9 Å². The van der Waals surface area contributed by atoms with Crippen molar-refractivity contribution in [3.05, 3.63) is 58.6 Å². The van der Waals surface area contributed by atoms with E-state index in [4.69, 9.17) is 11.2 Å². The van der Waals surface area contributed by atoms with Gasteiger partial charge in [-0.3, -0.25) is 0 Å². The van der Waals surface area contributed by atoms with Gasteiger partial charge in [-0.25, -0.2) is 0 Å².